The third-order valence-corrected chi connectivity index (χ3v) is 5.86. The molecule has 2 aromatic carbocycles. The maximum absolute atomic E-state index is 12.9. The van der Waals surface area contributed by atoms with Crippen molar-refractivity contribution in [2.24, 2.45) is 5.92 Å². The molecule has 6 nitrogen and oxygen atoms in total. The molecule has 29 heavy (non-hydrogen) atoms. The Morgan fingerprint density at radius 1 is 0.931 bits per heavy atom. The van der Waals surface area contributed by atoms with Gasteiger partial charge in [0.05, 0.1) is 17.0 Å². The summed E-state index contributed by atoms with van der Waals surface area (Å²) in [5, 5.41) is 13.7. The Morgan fingerprint density at radius 2 is 1.52 bits per heavy atom. The number of hydrogen-bond donors (Lipinski definition) is 2. The molecule has 0 saturated heterocycles. The van der Waals surface area contributed by atoms with E-state index in [1.807, 2.05) is 41.0 Å². The summed E-state index contributed by atoms with van der Waals surface area (Å²) in [5.41, 5.74) is 1.34. The number of para-hydroxylation sites is 2. The predicted octanol–water partition coefficient (Wildman–Crippen LogP) is 3.30. The maximum atomic E-state index is 12.9. The van der Waals surface area contributed by atoms with Gasteiger partial charge in [-0.15, -0.1) is 0 Å². The van der Waals surface area contributed by atoms with Crippen LogP contribution in [0, 0.1) is 5.92 Å². The van der Waals surface area contributed by atoms with Crippen LogP contribution in [0.5, 0.6) is 0 Å². The maximum Gasteiger partial charge on any atom is 0.308 e. The molecule has 150 valence electrons. The predicted molar refractivity (Wildman–Crippen MR) is 112 cm³/mol. The van der Waals surface area contributed by atoms with Crippen molar-refractivity contribution >= 4 is 33.7 Å². The van der Waals surface area contributed by atoms with E-state index in [9.17, 15) is 19.5 Å². The number of fused-ring (bicyclic) bond motifs is 2. The van der Waals surface area contributed by atoms with Crippen molar-refractivity contribution in [1.29, 1.82) is 0 Å². The van der Waals surface area contributed by atoms with E-state index < -0.39 is 11.9 Å². The topological polar surface area (TPSA) is 88.4 Å². The zero-order chi connectivity index (χ0) is 20.4. The first-order valence-corrected chi connectivity index (χ1v) is 10.1. The van der Waals surface area contributed by atoms with Crippen LogP contribution in [0.25, 0.3) is 21.8 Å². The Kier molecular flexibility index (Phi) is 5.34. The van der Waals surface area contributed by atoms with Gasteiger partial charge in [-0.3, -0.25) is 14.4 Å². The second-order valence-electron chi connectivity index (χ2n) is 7.71. The molecule has 6 heteroatoms. The van der Waals surface area contributed by atoms with Gasteiger partial charge in [-0.25, -0.2) is 0 Å². The monoisotopic (exact) mass is 392 g/mol. The number of hydrogen-bond acceptors (Lipinski definition) is 3. The molecule has 0 spiro atoms. The fourth-order valence-electron chi connectivity index (χ4n) is 4.42. The van der Waals surface area contributed by atoms with Gasteiger partial charge in [-0.1, -0.05) is 43.5 Å². The summed E-state index contributed by atoms with van der Waals surface area (Å²) in [5.74, 6) is -1.64. The lowest BCUT2D eigenvalue weighted by molar-refractivity contribution is -0.143. The molecule has 0 aliphatic heterocycles. The van der Waals surface area contributed by atoms with Crippen molar-refractivity contribution in [3.63, 3.8) is 0 Å². The van der Waals surface area contributed by atoms with Gasteiger partial charge in [0.1, 0.15) is 6.54 Å². The normalized spacial score (nSPS) is 19.7. The first kappa shape index (κ1) is 19.2. The van der Waals surface area contributed by atoms with Crippen molar-refractivity contribution in [2.75, 3.05) is 0 Å². The number of carbonyl (C=O) groups excluding carboxylic acids is 1. The van der Waals surface area contributed by atoms with E-state index >= 15 is 0 Å². The van der Waals surface area contributed by atoms with Gasteiger partial charge in [0.25, 0.3) is 0 Å². The molecule has 4 rings (SSSR count). The molecule has 1 saturated carbocycles. The molecule has 1 aliphatic carbocycles. The number of rotatable bonds is 4. The molecular formula is C23H24N2O4. The van der Waals surface area contributed by atoms with Crippen LogP contribution in [0.2, 0.25) is 0 Å². The Balaban J connectivity index is 1.70. The fourth-order valence-corrected chi connectivity index (χ4v) is 4.42. The second kappa shape index (κ2) is 8.07. The highest BCUT2D eigenvalue weighted by Crippen LogP contribution is 2.24. The molecule has 1 aromatic heterocycles. The number of nitrogens with one attached hydrogen (secondary N) is 1. The Hall–Kier alpha value is -3.15. The highest BCUT2D eigenvalue weighted by Gasteiger charge is 2.30. The van der Waals surface area contributed by atoms with Gasteiger partial charge in [0.2, 0.25) is 5.91 Å². The zero-order valence-electron chi connectivity index (χ0n) is 16.1. The van der Waals surface area contributed by atoms with Gasteiger partial charge in [-0.2, -0.15) is 0 Å². The quantitative estimate of drug-likeness (QED) is 0.527. The summed E-state index contributed by atoms with van der Waals surface area (Å²) in [7, 11) is 0. The molecular weight excluding hydrogens is 368 g/mol. The van der Waals surface area contributed by atoms with E-state index in [1.54, 1.807) is 12.1 Å². The van der Waals surface area contributed by atoms with Gasteiger partial charge < -0.3 is 15.0 Å². The first-order chi connectivity index (χ1) is 14.1. The van der Waals surface area contributed by atoms with Crippen molar-refractivity contribution in [3.05, 3.63) is 58.8 Å². The van der Waals surface area contributed by atoms with Crippen molar-refractivity contribution < 1.29 is 14.7 Å². The largest absolute Gasteiger partial charge is 0.481 e. The Labute approximate surface area is 168 Å². The lowest BCUT2D eigenvalue weighted by Gasteiger charge is -2.23. The Morgan fingerprint density at radius 3 is 2.14 bits per heavy atom. The van der Waals surface area contributed by atoms with E-state index in [-0.39, 0.29) is 23.9 Å². The summed E-state index contributed by atoms with van der Waals surface area (Å²) >= 11 is 0. The number of nitrogens with zero attached hydrogens (tertiary/aromatic N) is 1. The molecule has 2 N–H and O–H groups in total. The van der Waals surface area contributed by atoms with Crippen molar-refractivity contribution in [2.45, 2.75) is 44.7 Å². The van der Waals surface area contributed by atoms with Crippen LogP contribution >= 0.6 is 0 Å². The van der Waals surface area contributed by atoms with Crippen LogP contribution < -0.4 is 10.7 Å². The standard InChI is InChI=1S/C23H24N2O4/c26-21(24-18-11-3-1-2-8-15(18)23(28)29)14-25-19-12-6-4-9-16(19)22(27)17-10-5-7-13-20(17)25/h4-7,9-10,12-13,15,18H,1-3,8,11,14H2,(H,24,26)(H,28,29)/t15-,18+/m1/s1. The number of benzene rings is 2. The lowest BCUT2D eigenvalue weighted by Crippen LogP contribution is -2.44. The highest BCUT2D eigenvalue weighted by atomic mass is 16.4. The highest BCUT2D eigenvalue weighted by molar-refractivity contribution is 5.94. The summed E-state index contributed by atoms with van der Waals surface area (Å²) in [6.07, 6.45) is 4.04. The minimum Gasteiger partial charge on any atom is -0.481 e. The van der Waals surface area contributed by atoms with Gasteiger partial charge in [0.15, 0.2) is 5.43 Å². The van der Waals surface area contributed by atoms with E-state index in [1.165, 1.54) is 0 Å². The number of aromatic nitrogens is 1. The average molecular weight is 392 g/mol. The van der Waals surface area contributed by atoms with Gasteiger partial charge >= 0.3 is 5.97 Å². The van der Waals surface area contributed by atoms with E-state index in [0.717, 1.165) is 19.3 Å². The molecule has 1 heterocycles. The average Bonchev–Trinajstić information content (AvgIpc) is 2.96. The smallest absolute Gasteiger partial charge is 0.308 e. The van der Waals surface area contributed by atoms with Gasteiger partial charge in [0, 0.05) is 16.8 Å². The summed E-state index contributed by atoms with van der Waals surface area (Å²) < 4.78 is 1.84. The summed E-state index contributed by atoms with van der Waals surface area (Å²) in [6.45, 7) is 0.0319. The Bertz CT molecular complexity index is 1070. The molecule has 0 bridgehead atoms. The molecule has 0 unspecified atom stereocenters. The van der Waals surface area contributed by atoms with Crippen LogP contribution in [0.1, 0.15) is 32.1 Å². The second-order valence-corrected chi connectivity index (χ2v) is 7.71. The van der Waals surface area contributed by atoms with Crippen LogP contribution in [-0.2, 0) is 16.1 Å². The first-order valence-electron chi connectivity index (χ1n) is 10.1. The molecule has 0 radical (unpaired) electrons. The molecule has 3 aromatic rings. The van der Waals surface area contributed by atoms with E-state index in [4.69, 9.17) is 0 Å². The number of aliphatic carboxylic acids is 1. The van der Waals surface area contributed by atoms with Crippen LogP contribution in [0.15, 0.2) is 53.3 Å². The van der Waals surface area contributed by atoms with Crippen LogP contribution in [-0.4, -0.2) is 27.6 Å². The van der Waals surface area contributed by atoms with Crippen LogP contribution in [0.4, 0.5) is 0 Å². The minimum atomic E-state index is -0.850. The van der Waals surface area contributed by atoms with Crippen LogP contribution in [0.3, 0.4) is 0 Å². The number of pyridine rings is 1. The minimum absolute atomic E-state index is 0.0319. The molecule has 1 aliphatic rings. The van der Waals surface area contributed by atoms with E-state index in [0.29, 0.717) is 34.6 Å². The number of carbonyl (C=O) groups is 2. The molecule has 1 amide bonds. The van der Waals surface area contributed by atoms with Gasteiger partial charge in [-0.05, 0) is 37.1 Å². The summed E-state index contributed by atoms with van der Waals surface area (Å²) in [6, 6.07) is 14.2. The number of amides is 1. The third kappa shape index (κ3) is 3.75. The number of carboxylic acids is 1. The fraction of sp³-hybridized carbons (Fsp3) is 0.348. The molecule has 2 atom stereocenters. The van der Waals surface area contributed by atoms with Crippen molar-refractivity contribution in [1.82, 2.24) is 9.88 Å². The van der Waals surface area contributed by atoms with E-state index in [2.05, 4.69) is 5.32 Å². The zero-order valence-corrected chi connectivity index (χ0v) is 16.1. The lowest BCUT2D eigenvalue weighted by atomic mass is 9.95. The van der Waals surface area contributed by atoms with Crippen molar-refractivity contribution in [3.8, 4) is 0 Å². The molecule has 1 fully saturated rings. The number of carboxylic acid groups (broad SMARTS) is 1. The SMILES string of the molecule is O=C(Cn1c2ccccc2c(=O)c2ccccc21)N[C@H]1CCCCC[C@H]1C(=O)O. The summed E-state index contributed by atoms with van der Waals surface area (Å²) in [4.78, 5) is 37.4. The third-order valence-electron chi connectivity index (χ3n) is 5.86.